The van der Waals surface area contributed by atoms with Crippen LogP contribution in [-0.2, 0) is 9.53 Å². The van der Waals surface area contributed by atoms with Gasteiger partial charge in [0.05, 0.1) is 10.7 Å². The van der Waals surface area contributed by atoms with Crippen LogP contribution in [0, 0.1) is 5.92 Å². The van der Waals surface area contributed by atoms with Gasteiger partial charge in [-0.2, -0.15) is 0 Å². The molecule has 1 aliphatic carbocycles. The average Bonchev–Trinajstić information content (AvgIpc) is 2.62. The quantitative estimate of drug-likeness (QED) is 0.561. The number of rotatable bonds is 5. The predicted octanol–water partition coefficient (Wildman–Crippen LogP) is 5.07. The Hall–Kier alpha value is -2.40. The van der Waals surface area contributed by atoms with Gasteiger partial charge in [-0.3, -0.25) is 14.6 Å². The maximum atomic E-state index is 12.8. The van der Waals surface area contributed by atoms with Crippen LogP contribution in [0.1, 0.15) is 62.7 Å². The molecule has 0 fully saturated rings. The first-order valence-electron chi connectivity index (χ1n) is 8.80. The molecule has 0 unspecified atom stereocenters. The number of hydrogen-bond donors (Lipinski definition) is 1. The highest BCUT2D eigenvalue weighted by molar-refractivity contribution is 6.51. The largest absolute Gasteiger partial charge is 0.506 e. The zero-order valence-electron chi connectivity index (χ0n) is 16.2. The first-order valence-corrected chi connectivity index (χ1v) is 9.18. The van der Waals surface area contributed by atoms with Crippen LogP contribution in [0.15, 0.2) is 35.7 Å². The van der Waals surface area contributed by atoms with E-state index >= 15 is 0 Å². The van der Waals surface area contributed by atoms with Crippen LogP contribution >= 0.6 is 11.6 Å². The van der Waals surface area contributed by atoms with E-state index < -0.39 is 23.1 Å². The fraction of sp³-hybridized carbons (Fsp3) is 0.381. The van der Waals surface area contributed by atoms with Gasteiger partial charge in [0.15, 0.2) is 5.76 Å². The van der Waals surface area contributed by atoms with E-state index in [1.807, 2.05) is 19.1 Å². The van der Waals surface area contributed by atoms with E-state index in [-0.39, 0.29) is 10.6 Å². The molecule has 0 aliphatic heterocycles. The van der Waals surface area contributed by atoms with Gasteiger partial charge in [0.2, 0.25) is 11.4 Å². The number of aromatic nitrogens is 1. The molecule has 1 aliphatic rings. The van der Waals surface area contributed by atoms with E-state index in [0.29, 0.717) is 17.2 Å². The van der Waals surface area contributed by atoms with Crippen LogP contribution in [0.25, 0.3) is 11.1 Å². The lowest BCUT2D eigenvalue weighted by atomic mass is 9.84. The molecule has 5 nitrogen and oxygen atoms in total. The van der Waals surface area contributed by atoms with Crippen molar-refractivity contribution in [2.75, 3.05) is 0 Å². The molecule has 0 saturated heterocycles. The van der Waals surface area contributed by atoms with Crippen molar-refractivity contribution < 1.29 is 19.4 Å². The fourth-order valence-electron chi connectivity index (χ4n) is 2.85. The van der Waals surface area contributed by atoms with Crippen molar-refractivity contribution in [3.05, 3.63) is 52.6 Å². The Balaban J connectivity index is 2.42. The molecule has 0 bridgehead atoms. The first-order chi connectivity index (χ1) is 12.6. The fourth-order valence-corrected chi connectivity index (χ4v) is 3.18. The molecule has 0 radical (unpaired) electrons. The predicted molar refractivity (Wildman–Crippen MR) is 106 cm³/mol. The summed E-state index contributed by atoms with van der Waals surface area (Å²) in [5.41, 5.74) is 0.421. The zero-order valence-corrected chi connectivity index (χ0v) is 16.9. The second-order valence-electron chi connectivity index (χ2n) is 6.90. The number of allylic oxidation sites excluding steroid dienone is 3. The van der Waals surface area contributed by atoms with Crippen LogP contribution in [0.3, 0.4) is 0 Å². The number of carbonyl (C=O) groups is 2. The molecule has 1 aromatic rings. The third-order valence-corrected chi connectivity index (χ3v) is 4.94. The molecule has 0 saturated carbocycles. The van der Waals surface area contributed by atoms with Gasteiger partial charge in [0.25, 0.3) is 0 Å². The number of Topliss-reactive ketones (excluding diaryl/α,β-unsaturated/α-hetero) is 1. The first kappa shape index (κ1) is 20.9. The lowest BCUT2D eigenvalue weighted by Crippen LogP contribution is -2.44. The van der Waals surface area contributed by atoms with Crippen molar-refractivity contribution in [3.8, 4) is 0 Å². The van der Waals surface area contributed by atoms with Crippen molar-refractivity contribution >= 4 is 34.5 Å². The molecule has 144 valence electrons. The van der Waals surface area contributed by atoms with Crippen molar-refractivity contribution in [1.29, 1.82) is 0 Å². The van der Waals surface area contributed by atoms with Gasteiger partial charge in [-0.15, -0.1) is 0 Å². The number of hydrogen-bond acceptors (Lipinski definition) is 5. The van der Waals surface area contributed by atoms with Crippen LogP contribution in [0.2, 0.25) is 0 Å². The highest BCUT2D eigenvalue weighted by Gasteiger charge is 2.48. The van der Waals surface area contributed by atoms with Crippen molar-refractivity contribution in [2.45, 2.75) is 46.6 Å². The Bertz CT molecular complexity index is 869. The number of pyridine rings is 1. The molecule has 0 aromatic carbocycles. The average molecular weight is 390 g/mol. The lowest BCUT2D eigenvalue weighted by Gasteiger charge is -2.31. The number of ether oxygens (including phenoxy) is 1. The second kappa shape index (κ2) is 8.09. The Kier molecular flexibility index (Phi) is 6.26. The maximum absolute atomic E-state index is 12.8. The van der Waals surface area contributed by atoms with E-state index in [1.165, 1.54) is 13.1 Å². The van der Waals surface area contributed by atoms with Crippen molar-refractivity contribution in [2.24, 2.45) is 5.92 Å². The summed E-state index contributed by atoms with van der Waals surface area (Å²) in [5.74, 6) is -1.25. The molecule has 1 aromatic heterocycles. The third-order valence-electron chi connectivity index (χ3n) is 4.56. The highest BCUT2D eigenvalue weighted by atomic mass is 35.5. The number of ketones is 1. The molecule has 6 heteroatoms. The summed E-state index contributed by atoms with van der Waals surface area (Å²) in [6.07, 6.45) is 8.38. The number of fused-ring (bicyclic) bond motifs is 1. The van der Waals surface area contributed by atoms with Crippen LogP contribution in [0.4, 0.5) is 0 Å². The van der Waals surface area contributed by atoms with Crippen LogP contribution in [-0.4, -0.2) is 27.4 Å². The van der Waals surface area contributed by atoms with Gasteiger partial charge in [-0.05, 0) is 31.9 Å². The SMILES string of the molecule is CC[C@H](C)/C=C(C)/C=C/c1cc2c(cn1)C(=O)[C@](C)(OC(C)=O)C(O)=C2Cl. The zero-order chi connectivity index (χ0) is 20.4. The Morgan fingerprint density at radius 1 is 1.41 bits per heavy atom. The summed E-state index contributed by atoms with van der Waals surface area (Å²) in [5, 5.41) is 10.4. The molecular formula is C21H24ClNO4. The molecule has 0 amide bonds. The van der Waals surface area contributed by atoms with Crippen LogP contribution < -0.4 is 0 Å². The van der Waals surface area contributed by atoms with Crippen molar-refractivity contribution in [3.63, 3.8) is 0 Å². The van der Waals surface area contributed by atoms with Gasteiger partial charge in [-0.25, -0.2) is 0 Å². The topological polar surface area (TPSA) is 76.5 Å². The second-order valence-corrected chi connectivity index (χ2v) is 7.28. The standard InChI is InChI=1S/C21H24ClNO4/c1-6-12(2)9-13(3)7-8-15-10-16-17(11-23-15)19(25)21(5,27-14(4)24)20(26)18(16)22/h7-12,26H,6H2,1-5H3/b8-7+,13-9+/t12-,21-/m0/s1. The van der Waals surface area contributed by atoms with Gasteiger partial charge >= 0.3 is 5.97 Å². The lowest BCUT2D eigenvalue weighted by molar-refractivity contribution is -0.150. The number of aliphatic hydroxyl groups is 1. The van der Waals surface area contributed by atoms with Crippen LogP contribution in [0.5, 0.6) is 0 Å². The summed E-state index contributed by atoms with van der Waals surface area (Å²) < 4.78 is 5.06. The minimum Gasteiger partial charge on any atom is -0.506 e. The summed E-state index contributed by atoms with van der Waals surface area (Å²) in [6.45, 7) is 8.76. The number of halogens is 1. The summed E-state index contributed by atoms with van der Waals surface area (Å²) >= 11 is 6.28. The molecule has 0 spiro atoms. The summed E-state index contributed by atoms with van der Waals surface area (Å²) in [6, 6.07) is 1.63. The Morgan fingerprint density at radius 2 is 2.07 bits per heavy atom. The minimum atomic E-state index is -1.84. The molecule has 2 rings (SSSR count). The van der Waals surface area contributed by atoms with E-state index in [4.69, 9.17) is 16.3 Å². The third kappa shape index (κ3) is 4.30. The monoisotopic (exact) mass is 389 g/mol. The number of aliphatic hydroxyl groups excluding tert-OH is 1. The van der Waals surface area contributed by atoms with Gasteiger partial charge < -0.3 is 9.84 Å². The Morgan fingerprint density at radius 3 is 2.67 bits per heavy atom. The molecule has 27 heavy (non-hydrogen) atoms. The van der Waals surface area contributed by atoms with E-state index in [0.717, 1.165) is 18.9 Å². The number of esters is 1. The van der Waals surface area contributed by atoms with E-state index in [9.17, 15) is 14.7 Å². The Labute approximate surface area is 164 Å². The molecule has 2 atom stereocenters. The molecule has 1 N–H and O–H groups in total. The highest BCUT2D eigenvalue weighted by Crippen LogP contribution is 2.40. The number of carbonyl (C=O) groups excluding carboxylic acids is 2. The van der Waals surface area contributed by atoms with Gasteiger partial charge in [0, 0.05) is 24.2 Å². The smallest absolute Gasteiger partial charge is 0.304 e. The molecule has 1 heterocycles. The summed E-state index contributed by atoms with van der Waals surface area (Å²) in [4.78, 5) is 28.4. The van der Waals surface area contributed by atoms with Crippen molar-refractivity contribution in [1.82, 2.24) is 4.98 Å². The molecular weight excluding hydrogens is 366 g/mol. The van der Waals surface area contributed by atoms with E-state index in [1.54, 1.807) is 6.07 Å². The van der Waals surface area contributed by atoms with E-state index in [2.05, 4.69) is 24.9 Å². The normalized spacial score (nSPS) is 21.4. The maximum Gasteiger partial charge on any atom is 0.304 e. The summed E-state index contributed by atoms with van der Waals surface area (Å²) in [7, 11) is 0. The van der Waals surface area contributed by atoms with Gasteiger partial charge in [-0.1, -0.05) is 49.6 Å². The van der Waals surface area contributed by atoms with Gasteiger partial charge in [0.1, 0.15) is 0 Å². The number of nitrogens with zero attached hydrogens (tertiary/aromatic N) is 1. The minimum absolute atomic E-state index is 0.0303.